The van der Waals surface area contributed by atoms with E-state index in [0.29, 0.717) is 5.75 Å². The Morgan fingerprint density at radius 1 is 1.40 bits per heavy atom. The van der Waals surface area contributed by atoms with Gasteiger partial charge < -0.3 is 20.1 Å². The van der Waals surface area contributed by atoms with Crippen molar-refractivity contribution in [2.45, 2.75) is 24.9 Å². The van der Waals surface area contributed by atoms with E-state index < -0.39 is 11.5 Å². The fraction of sp³-hybridized carbons (Fsp3) is 0.381. The summed E-state index contributed by atoms with van der Waals surface area (Å²) < 4.78 is 10.8. The molecule has 1 aromatic heterocycles. The number of thiazole rings is 1. The fourth-order valence-electron chi connectivity index (χ4n) is 3.51. The topological polar surface area (TPSA) is 94.7 Å². The van der Waals surface area contributed by atoms with Gasteiger partial charge in [0.05, 0.1) is 18.3 Å². The summed E-state index contributed by atoms with van der Waals surface area (Å²) in [4.78, 5) is 32.4. The summed E-state index contributed by atoms with van der Waals surface area (Å²) in [5.41, 5.74) is 8.52. The van der Waals surface area contributed by atoms with Crippen molar-refractivity contribution < 1.29 is 19.1 Å². The molecule has 158 valence electrons. The molecule has 0 bridgehead atoms. The Hall–Kier alpha value is -2.36. The predicted octanol–water partition coefficient (Wildman–Crippen LogP) is 2.45. The minimum Gasteiger partial charge on any atom is -0.497 e. The summed E-state index contributed by atoms with van der Waals surface area (Å²) in [6.45, 7) is 2.35. The summed E-state index contributed by atoms with van der Waals surface area (Å²) in [7, 11) is 1.60. The van der Waals surface area contributed by atoms with Crippen LogP contribution in [0.4, 0.5) is 0 Å². The molecular weight excluding hydrogens is 422 g/mol. The van der Waals surface area contributed by atoms with Gasteiger partial charge >= 0.3 is 5.97 Å². The number of fused-ring (bicyclic) bond motifs is 1. The molecule has 2 fully saturated rings. The number of benzene rings is 1. The van der Waals surface area contributed by atoms with E-state index in [-0.39, 0.29) is 30.4 Å². The van der Waals surface area contributed by atoms with Gasteiger partial charge in [0, 0.05) is 17.2 Å². The molecule has 2 saturated heterocycles. The molecule has 1 aromatic carbocycles. The van der Waals surface area contributed by atoms with E-state index in [1.807, 2.05) is 43.3 Å². The maximum absolute atomic E-state index is 13.2. The van der Waals surface area contributed by atoms with Crippen molar-refractivity contribution in [3.8, 4) is 5.75 Å². The number of hydrogen-bond donors (Lipinski definition) is 1. The molecule has 0 radical (unpaired) electrons. The number of aromatic nitrogens is 1. The number of aryl methyl sites for hydroxylation is 1. The zero-order valence-corrected chi connectivity index (χ0v) is 18.4. The van der Waals surface area contributed by atoms with Crippen LogP contribution in [0.3, 0.4) is 0 Å². The fourth-order valence-corrected chi connectivity index (χ4v) is 5.66. The van der Waals surface area contributed by atoms with Crippen LogP contribution in [-0.2, 0) is 20.9 Å². The lowest BCUT2D eigenvalue weighted by Crippen LogP contribution is -2.71. The van der Waals surface area contributed by atoms with Crippen molar-refractivity contribution in [2.24, 2.45) is 11.1 Å². The van der Waals surface area contributed by atoms with E-state index >= 15 is 0 Å². The lowest BCUT2D eigenvalue weighted by atomic mass is 9.86. The van der Waals surface area contributed by atoms with Crippen LogP contribution >= 0.6 is 23.1 Å². The second-order valence-corrected chi connectivity index (χ2v) is 9.40. The standard InChI is InChI=1S/C21H23N3O4S2/c1-13-16(30-12-23-13)7-8-21(10-24-18(25)17(22)19(24)29-11-21)20(26)28-9-14-3-5-15(27-2)6-4-14/h3-8,12,17,19H,9-11,22H2,1-2H3/t17?,19-,21?/m1/s1. The van der Waals surface area contributed by atoms with Crippen molar-refractivity contribution >= 4 is 41.1 Å². The van der Waals surface area contributed by atoms with Gasteiger partial charge in [-0.15, -0.1) is 23.1 Å². The van der Waals surface area contributed by atoms with Gasteiger partial charge in [-0.2, -0.15) is 0 Å². The van der Waals surface area contributed by atoms with E-state index in [4.69, 9.17) is 15.2 Å². The van der Waals surface area contributed by atoms with Crippen molar-refractivity contribution in [2.75, 3.05) is 19.4 Å². The molecule has 1 amide bonds. The molecule has 3 atom stereocenters. The number of rotatable bonds is 6. The number of carbonyl (C=O) groups excluding carboxylic acids is 2. The van der Waals surface area contributed by atoms with Gasteiger partial charge in [-0.05, 0) is 30.7 Å². The minimum atomic E-state index is -0.931. The number of nitrogens with zero attached hydrogens (tertiary/aromatic N) is 2. The third-order valence-electron chi connectivity index (χ3n) is 5.42. The normalized spacial score (nSPS) is 25.7. The first-order valence-electron chi connectivity index (χ1n) is 9.51. The molecule has 0 aliphatic carbocycles. The Bertz CT molecular complexity index is 975. The highest BCUT2D eigenvalue weighted by molar-refractivity contribution is 8.00. The van der Waals surface area contributed by atoms with Crippen LogP contribution in [0, 0.1) is 12.3 Å². The number of hydrogen-bond acceptors (Lipinski definition) is 8. The molecule has 7 nitrogen and oxygen atoms in total. The Morgan fingerprint density at radius 2 is 2.17 bits per heavy atom. The molecule has 2 unspecified atom stereocenters. The lowest BCUT2D eigenvalue weighted by Gasteiger charge is -2.52. The predicted molar refractivity (Wildman–Crippen MR) is 117 cm³/mol. The molecule has 9 heteroatoms. The van der Waals surface area contributed by atoms with Crippen LogP contribution in [0.15, 0.2) is 35.9 Å². The summed E-state index contributed by atoms with van der Waals surface area (Å²) in [5, 5.41) is -0.0708. The van der Waals surface area contributed by atoms with E-state index in [9.17, 15) is 9.59 Å². The third kappa shape index (κ3) is 3.84. The molecule has 0 saturated carbocycles. The zero-order chi connectivity index (χ0) is 21.3. The van der Waals surface area contributed by atoms with E-state index in [2.05, 4.69) is 4.98 Å². The number of esters is 1. The van der Waals surface area contributed by atoms with Crippen molar-refractivity contribution in [3.63, 3.8) is 0 Å². The average molecular weight is 446 g/mol. The highest BCUT2D eigenvalue weighted by Gasteiger charge is 2.55. The number of β-lactam (4-membered cyclic amide) rings is 1. The monoisotopic (exact) mass is 445 g/mol. The van der Waals surface area contributed by atoms with E-state index in [0.717, 1.165) is 21.9 Å². The van der Waals surface area contributed by atoms with Crippen molar-refractivity contribution in [3.05, 3.63) is 52.0 Å². The highest BCUT2D eigenvalue weighted by Crippen LogP contribution is 2.43. The summed E-state index contributed by atoms with van der Waals surface area (Å²) in [6.07, 6.45) is 3.77. The molecule has 2 N–H and O–H groups in total. The quantitative estimate of drug-likeness (QED) is 0.539. The Morgan fingerprint density at radius 3 is 2.83 bits per heavy atom. The van der Waals surface area contributed by atoms with Crippen molar-refractivity contribution in [1.82, 2.24) is 9.88 Å². The first-order valence-corrected chi connectivity index (χ1v) is 11.4. The SMILES string of the molecule is COc1ccc(COC(=O)C2(C=Cc3scnc3C)CS[C@@H]3C(N)C(=O)N3C2)cc1. The Labute approximate surface area is 183 Å². The second-order valence-electron chi connectivity index (χ2n) is 7.41. The average Bonchev–Trinajstić information content (AvgIpc) is 3.20. The maximum Gasteiger partial charge on any atom is 0.318 e. The summed E-state index contributed by atoms with van der Waals surface area (Å²) in [6, 6.07) is 6.88. The number of thioether (sulfide) groups is 1. The van der Waals surface area contributed by atoms with Gasteiger partial charge in [0.2, 0.25) is 5.91 Å². The number of carbonyl (C=O) groups is 2. The number of methoxy groups -OCH3 is 1. The second kappa shape index (κ2) is 8.41. The Balaban J connectivity index is 1.53. The Kier molecular flexibility index (Phi) is 5.86. The van der Waals surface area contributed by atoms with Crippen molar-refractivity contribution in [1.29, 1.82) is 0 Å². The summed E-state index contributed by atoms with van der Waals surface area (Å²) >= 11 is 3.04. The molecule has 4 rings (SSSR count). The number of nitrogens with two attached hydrogens (primary N) is 1. The number of ether oxygens (including phenoxy) is 2. The van der Waals surface area contributed by atoms with Crippen LogP contribution in [0.1, 0.15) is 16.1 Å². The highest BCUT2D eigenvalue weighted by atomic mass is 32.2. The van der Waals surface area contributed by atoms with Crippen LogP contribution in [0.5, 0.6) is 5.75 Å². The van der Waals surface area contributed by atoms with Crippen LogP contribution in [-0.4, -0.2) is 52.6 Å². The smallest absolute Gasteiger partial charge is 0.318 e. The summed E-state index contributed by atoms with van der Waals surface area (Å²) in [5.74, 6) is 0.773. The molecule has 0 spiro atoms. The first-order chi connectivity index (χ1) is 14.4. The maximum atomic E-state index is 13.2. The largest absolute Gasteiger partial charge is 0.497 e. The van der Waals surface area contributed by atoms with Crippen LogP contribution < -0.4 is 10.5 Å². The molecule has 2 aliphatic rings. The van der Waals surface area contributed by atoms with Crippen LogP contribution in [0.2, 0.25) is 0 Å². The van der Waals surface area contributed by atoms with E-state index in [1.54, 1.807) is 17.5 Å². The zero-order valence-electron chi connectivity index (χ0n) is 16.7. The first kappa shape index (κ1) is 20.9. The van der Waals surface area contributed by atoms with Gasteiger partial charge in [-0.25, -0.2) is 4.98 Å². The molecular formula is C21H23N3O4S2. The molecule has 2 aliphatic heterocycles. The molecule has 2 aromatic rings. The molecule has 3 heterocycles. The van der Waals surface area contributed by atoms with E-state index in [1.165, 1.54) is 23.1 Å². The van der Waals surface area contributed by atoms with Gasteiger partial charge in [-0.1, -0.05) is 18.2 Å². The third-order valence-corrected chi connectivity index (χ3v) is 7.89. The van der Waals surface area contributed by atoms with Gasteiger partial charge in [0.1, 0.15) is 29.2 Å². The lowest BCUT2D eigenvalue weighted by molar-refractivity contribution is -0.159. The van der Waals surface area contributed by atoms with Crippen LogP contribution in [0.25, 0.3) is 6.08 Å². The number of amides is 1. The molecule has 30 heavy (non-hydrogen) atoms. The minimum absolute atomic E-state index is 0.0708. The van der Waals surface area contributed by atoms with Gasteiger partial charge in [-0.3, -0.25) is 9.59 Å². The van der Waals surface area contributed by atoms with Gasteiger partial charge in [0.15, 0.2) is 0 Å². The van der Waals surface area contributed by atoms with Gasteiger partial charge in [0.25, 0.3) is 0 Å².